The molecule has 0 saturated carbocycles. The van der Waals surface area contributed by atoms with Gasteiger partial charge in [0.25, 0.3) is 0 Å². The topological polar surface area (TPSA) is 77.1 Å². The Bertz CT molecular complexity index is 1520. The number of rotatable bonds is 4. The van der Waals surface area contributed by atoms with Crippen LogP contribution in [0, 0.1) is 11.6 Å². The van der Waals surface area contributed by atoms with Crippen LogP contribution in [0.2, 0.25) is 0 Å². The van der Waals surface area contributed by atoms with Gasteiger partial charge in [-0.05, 0) is 41.5 Å². The van der Waals surface area contributed by atoms with Gasteiger partial charge in [0.2, 0.25) is 5.91 Å². The summed E-state index contributed by atoms with van der Waals surface area (Å²) < 4.78 is 31.3. The van der Waals surface area contributed by atoms with Gasteiger partial charge in [0.15, 0.2) is 5.65 Å². The summed E-state index contributed by atoms with van der Waals surface area (Å²) in [6, 6.07) is 8.56. The van der Waals surface area contributed by atoms with E-state index < -0.39 is 11.6 Å². The molecular weight excluding hydrogens is 426 g/mol. The summed E-state index contributed by atoms with van der Waals surface area (Å²) in [5, 5.41) is 11.3. The van der Waals surface area contributed by atoms with E-state index in [9.17, 15) is 13.6 Å². The average Bonchev–Trinajstić information content (AvgIpc) is 3.38. The fraction of sp³-hybridized carbons (Fsp3) is 0.0833. The molecular formula is C24H18F2N6O. The van der Waals surface area contributed by atoms with Gasteiger partial charge in [-0.3, -0.25) is 9.48 Å². The second-order valence-electron chi connectivity index (χ2n) is 7.68. The highest BCUT2D eigenvalue weighted by Crippen LogP contribution is 2.34. The van der Waals surface area contributed by atoms with Crippen molar-refractivity contribution in [3.8, 4) is 33.4 Å². The minimum absolute atomic E-state index is 0.216. The maximum atomic E-state index is 14.5. The fourth-order valence-electron chi connectivity index (χ4n) is 3.74. The van der Waals surface area contributed by atoms with Gasteiger partial charge in [-0.25, -0.2) is 18.3 Å². The monoisotopic (exact) mass is 444 g/mol. The molecule has 3 heterocycles. The Morgan fingerprint density at radius 2 is 1.64 bits per heavy atom. The molecule has 0 atom stereocenters. The number of hydrogen-bond donors (Lipinski definition) is 1. The van der Waals surface area contributed by atoms with Crippen LogP contribution in [0.25, 0.3) is 39.0 Å². The van der Waals surface area contributed by atoms with E-state index in [0.29, 0.717) is 28.0 Å². The number of hydrogen-bond acceptors (Lipinski definition) is 4. The van der Waals surface area contributed by atoms with Crippen molar-refractivity contribution in [2.24, 2.45) is 7.05 Å². The Labute approximate surface area is 187 Å². The summed E-state index contributed by atoms with van der Waals surface area (Å²) in [5.74, 6) is -1.62. The third-order valence-corrected chi connectivity index (χ3v) is 5.20. The summed E-state index contributed by atoms with van der Waals surface area (Å²) in [5.41, 5.74) is 4.91. The van der Waals surface area contributed by atoms with Gasteiger partial charge in [-0.2, -0.15) is 10.2 Å². The van der Waals surface area contributed by atoms with Crippen LogP contribution in [-0.2, 0) is 11.8 Å². The van der Waals surface area contributed by atoms with Crippen LogP contribution in [0.5, 0.6) is 0 Å². The molecule has 1 N–H and O–H groups in total. The SMILES string of the molecule is CC(=O)Nc1cc(-c2ccc(F)cc2F)cc(-c2cnn3cc(-c4cnn(C)c4)cnc23)c1. The number of aromatic nitrogens is 5. The van der Waals surface area contributed by atoms with E-state index in [0.717, 1.165) is 17.2 Å². The van der Waals surface area contributed by atoms with Crippen LogP contribution < -0.4 is 5.32 Å². The lowest BCUT2D eigenvalue weighted by molar-refractivity contribution is -0.114. The number of carbonyl (C=O) groups excluding carboxylic acids is 1. The number of benzene rings is 2. The van der Waals surface area contributed by atoms with Gasteiger partial charge in [-0.1, -0.05) is 0 Å². The molecule has 2 aromatic carbocycles. The Hall–Kier alpha value is -4.40. The molecule has 164 valence electrons. The zero-order chi connectivity index (χ0) is 23.1. The van der Waals surface area contributed by atoms with Crippen molar-refractivity contribution < 1.29 is 13.6 Å². The number of carbonyl (C=O) groups is 1. The largest absolute Gasteiger partial charge is 0.326 e. The third-order valence-electron chi connectivity index (χ3n) is 5.20. The van der Waals surface area contributed by atoms with Gasteiger partial charge < -0.3 is 5.32 Å². The minimum Gasteiger partial charge on any atom is -0.326 e. The quantitative estimate of drug-likeness (QED) is 0.436. The van der Waals surface area contributed by atoms with Crippen LogP contribution in [0.3, 0.4) is 0 Å². The maximum absolute atomic E-state index is 14.5. The van der Waals surface area contributed by atoms with Crippen LogP contribution in [0.15, 0.2) is 67.4 Å². The van der Waals surface area contributed by atoms with Crippen molar-refractivity contribution in [2.45, 2.75) is 6.92 Å². The predicted octanol–water partition coefficient (Wildman–Crippen LogP) is 4.70. The van der Waals surface area contributed by atoms with Crippen molar-refractivity contribution in [3.63, 3.8) is 0 Å². The first kappa shape index (κ1) is 20.5. The molecule has 3 aromatic heterocycles. The van der Waals surface area contributed by atoms with E-state index in [1.165, 1.54) is 19.1 Å². The maximum Gasteiger partial charge on any atom is 0.221 e. The molecule has 5 rings (SSSR count). The molecule has 0 aliphatic carbocycles. The van der Waals surface area contributed by atoms with Gasteiger partial charge in [-0.15, -0.1) is 0 Å². The Morgan fingerprint density at radius 1 is 0.879 bits per heavy atom. The number of anilines is 1. The lowest BCUT2D eigenvalue weighted by Crippen LogP contribution is -2.06. The lowest BCUT2D eigenvalue weighted by atomic mass is 9.98. The van der Waals surface area contributed by atoms with Gasteiger partial charge >= 0.3 is 0 Å². The molecule has 7 nitrogen and oxygen atoms in total. The van der Waals surface area contributed by atoms with Gasteiger partial charge in [0.1, 0.15) is 11.6 Å². The van der Waals surface area contributed by atoms with E-state index in [2.05, 4.69) is 20.5 Å². The third kappa shape index (κ3) is 3.96. The number of halogens is 2. The summed E-state index contributed by atoms with van der Waals surface area (Å²) in [6.07, 6.45) is 8.87. The summed E-state index contributed by atoms with van der Waals surface area (Å²) >= 11 is 0. The number of nitrogens with one attached hydrogen (secondary N) is 1. The predicted molar refractivity (Wildman–Crippen MR) is 120 cm³/mol. The molecule has 0 bridgehead atoms. The molecule has 0 saturated heterocycles. The molecule has 33 heavy (non-hydrogen) atoms. The Morgan fingerprint density at radius 3 is 2.33 bits per heavy atom. The van der Waals surface area contributed by atoms with Crippen molar-refractivity contribution >= 4 is 17.2 Å². The first-order valence-electron chi connectivity index (χ1n) is 10.1. The van der Waals surface area contributed by atoms with Gasteiger partial charge in [0, 0.05) is 66.6 Å². The van der Waals surface area contributed by atoms with E-state index in [-0.39, 0.29) is 11.5 Å². The minimum atomic E-state index is -0.694. The zero-order valence-corrected chi connectivity index (χ0v) is 17.8. The van der Waals surface area contributed by atoms with Crippen molar-refractivity contribution in [1.29, 1.82) is 0 Å². The van der Waals surface area contributed by atoms with E-state index >= 15 is 0 Å². The second kappa shape index (κ2) is 7.94. The van der Waals surface area contributed by atoms with Crippen LogP contribution in [-0.4, -0.2) is 30.3 Å². The number of nitrogens with zero attached hydrogens (tertiary/aromatic N) is 5. The highest BCUT2D eigenvalue weighted by atomic mass is 19.1. The Kier molecular flexibility index (Phi) is 4.93. The fourth-order valence-corrected chi connectivity index (χ4v) is 3.74. The molecule has 5 aromatic rings. The highest BCUT2D eigenvalue weighted by Gasteiger charge is 2.15. The smallest absolute Gasteiger partial charge is 0.221 e. The average molecular weight is 444 g/mol. The summed E-state index contributed by atoms with van der Waals surface area (Å²) in [4.78, 5) is 16.3. The summed E-state index contributed by atoms with van der Waals surface area (Å²) in [7, 11) is 1.84. The van der Waals surface area contributed by atoms with Crippen LogP contribution >= 0.6 is 0 Å². The highest BCUT2D eigenvalue weighted by molar-refractivity contribution is 5.92. The van der Waals surface area contributed by atoms with Crippen LogP contribution in [0.4, 0.5) is 14.5 Å². The van der Waals surface area contributed by atoms with Crippen molar-refractivity contribution in [1.82, 2.24) is 24.4 Å². The van der Waals surface area contributed by atoms with E-state index in [4.69, 9.17) is 0 Å². The van der Waals surface area contributed by atoms with E-state index in [1.807, 2.05) is 19.4 Å². The summed E-state index contributed by atoms with van der Waals surface area (Å²) in [6.45, 7) is 1.39. The molecule has 0 fully saturated rings. The second-order valence-corrected chi connectivity index (χ2v) is 7.68. The molecule has 0 radical (unpaired) electrons. The first-order chi connectivity index (χ1) is 15.9. The van der Waals surface area contributed by atoms with Gasteiger partial charge in [0.05, 0.1) is 12.4 Å². The standard InChI is InChI=1S/C24H18F2N6O/c1-14(33)30-20-6-15(21-4-3-19(25)8-23(21)26)5-16(7-20)22-11-29-32-13-17(9-27-24(22)32)18-10-28-31(2)12-18/h3-13H,1-2H3,(H,30,33). The first-order valence-corrected chi connectivity index (χ1v) is 10.1. The molecule has 0 aliphatic rings. The lowest BCUT2D eigenvalue weighted by Gasteiger charge is -2.11. The molecule has 1 amide bonds. The Balaban J connectivity index is 1.64. The zero-order valence-electron chi connectivity index (χ0n) is 17.8. The van der Waals surface area contributed by atoms with Crippen molar-refractivity contribution in [3.05, 3.63) is 79.0 Å². The molecule has 0 spiro atoms. The van der Waals surface area contributed by atoms with Crippen molar-refractivity contribution in [2.75, 3.05) is 5.32 Å². The van der Waals surface area contributed by atoms with E-state index in [1.54, 1.807) is 46.0 Å². The normalized spacial score (nSPS) is 11.2. The number of amides is 1. The number of fused-ring (bicyclic) bond motifs is 1. The number of aryl methyl sites for hydroxylation is 1. The van der Waals surface area contributed by atoms with Crippen LogP contribution in [0.1, 0.15) is 6.92 Å². The molecule has 9 heteroatoms. The molecule has 0 unspecified atom stereocenters. The molecule has 0 aliphatic heterocycles.